The molecule has 0 aliphatic carbocycles. The van der Waals surface area contributed by atoms with Gasteiger partial charge in [-0.15, -0.1) is 0 Å². The van der Waals surface area contributed by atoms with Crippen LogP contribution in [0.25, 0.3) is 0 Å². The molecule has 1 atom stereocenters. The third kappa shape index (κ3) is 4.30. The SMILES string of the molecule is CC1(C)CN(C(=O)c2ccc(Cl)cc2)C[C@@H]2CN(C(=O)C3CCOCC3)CCN21. The molecule has 0 bridgehead atoms. The van der Waals surface area contributed by atoms with Crippen LogP contribution in [0, 0.1) is 5.92 Å². The highest BCUT2D eigenvalue weighted by molar-refractivity contribution is 6.30. The number of rotatable bonds is 2. The molecular formula is C22H30ClN3O3. The maximum Gasteiger partial charge on any atom is 0.253 e. The average molecular weight is 420 g/mol. The number of amides is 2. The van der Waals surface area contributed by atoms with Gasteiger partial charge in [-0.1, -0.05) is 11.6 Å². The molecule has 29 heavy (non-hydrogen) atoms. The molecule has 3 saturated heterocycles. The lowest BCUT2D eigenvalue weighted by molar-refractivity contribution is -0.145. The summed E-state index contributed by atoms with van der Waals surface area (Å²) in [6.07, 6.45) is 1.63. The Labute approximate surface area is 177 Å². The fourth-order valence-electron chi connectivity index (χ4n) is 5.02. The summed E-state index contributed by atoms with van der Waals surface area (Å²) >= 11 is 5.97. The second-order valence-electron chi connectivity index (χ2n) is 9.02. The molecular weight excluding hydrogens is 390 g/mol. The Kier molecular flexibility index (Phi) is 5.87. The lowest BCUT2D eigenvalue weighted by Crippen LogP contribution is -2.71. The van der Waals surface area contributed by atoms with Gasteiger partial charge in [0.1, 0.15) is 0 Å². The molecule has 0 saturated carbocycles. The van der Waals surface area contributed by atoms with Gasteiger partial charge in [-0.05, 0) is 51.0 Å². The summed E-state index contributed by atoms with van der Waals surface area (Å²) in [7, 11) is 0. The van der Waals surface area contributed by atoms with Gasteiger partial charge in [0.15, 0.2) is 0 Å². The van der Waals surface area contributed by atoms with Crippen LogP contribution in [0.3, 0.4) is 0 Å². The normalized spacial score (nSPS) is 25.6. The molecule has 0 spiro atoms. The number of benzene rings is 1. The summed E-state index contributed by atoms with van der Waals surface area (Å²) in [4.78, 5) is 32.6. The van der Waals surface area contributed by atoms with Crippen molar-refractivity contribution >= 4 is 23.4 Å². The van der Waals surface area contributed by atoms with E-state index in [9.17, 15) is 9.59 Å². The van der Waals surface area contributed by atoms with Gasteiger partial charge in [-0.2, -0.15) is 0 Å². The molecule has 0 N–H and O–H groups in total. The van der Waals surface area contributed by atoms with E-state index in [1.165, 1.54) is 0 Å². The Balaban J connectivity index is 1.47. The molecule has 1 aromatic rings. The third-order valence-electron chi connectivity index (χ3n) is 6.53. The van der Waals surface area contributed by atoms with E-state index in [2.05, 4.69) is 18.7 Å². The van der Waals surface area contributed by atoms with Crippen LogP contribution in [0.5, 0.6) is 0 Å². The third-order valence-corrected chi connectivity index (χ3v) is 6.78. The number of halogens is 1. The zero-order chi connectivity index (χ0) is 20.6. The van der Waals surface area contributed by atoms with Crippen LogP contribution in [-0.4, -0.2) is 84.0 Å². The Morgan fingerprint density at radius 1 is 1.03 bits per heavy atom. The van der Waals surface area contributed by atoms with Crippen molar-refractivity contribution in [3.63, 3.8) is 0 Å². The Hall–Kier alpha value is -1.63. The Bertz CT molecular complexity index is 761. The molecule has 158 valence electrons. The molecule has 3 heterocycles. The van der Waals surface area contributed by atoms with E-state index < -0.39 is 0 Å². The van der Waals surface area contributed by atoms with Crippen molar-refractivity contribution in [2.24, 2.45) is 5.92 Å². The Morgan fingerprint density at radius 2 is 1.69 bits per heavy atom. The minimum Gasteiger partial charge on any atom is -0.381 e. The van der Waals surface area contributed by atoms with Gasteiger partial charge >= 0.3 is 0 Å². The molecule has 3 aliphatic heterocycles. The zero-order valence-corrected chi connectivity index (χ0v) is 18.0. The van der Waals surface area contributed by atoms with E-state index in [0.717, 1.165) is 25.9 Å². The van der Waals surface area contributed by atoms with Gasteiger partial charge in [0.25, 0.3) is 5.91 Å². The fourth-order valence-corrected chi connectivity index (χ4v) is 5.14. The summed E-state index contributed by atoms with van der Waals surface area (Å²) in [5.74, 6) is 0.368. The number of ether oxygens (including phenoxy) is 1. The number of carbonyl (C=O) groups excluding carboxylic acids is 2. The minimum absolute atomic E-state index is 0.0299. The maximum absolute atomic E-state index is 13.1. The van der Waals surface area contributed by atoms with Crippen molar-refractivity contribution < 1.29 is 14.3 Å². The summed E-state index contributed by atoms with van der Waals surface area (Å²) in [5.41, 5.74) is 0.531. The molecule has 0 aromatic heterocycles. The first-order chi connectivity index (χ1) is 13.8. The monoisotopic (exact) mass is 419 g/mol. The van der Waals surface area contributed by atoms with Gasteiger partial charge in [0.05, 0.1) is 0 Å². The highest BCUT2D eigenvalue weighted by Crippen LogP contribution is 2.30. The summed E-state index contributed by atoms with van der Waals surface area (Å²) in [6, 6.07) is 7.24. The molecule has 4 rings (SSSR count). The lowest BCUT2D eigenvalue weighted by atomic mass is 9.91. The molecule has 2 amide bonds. The number of nitrogens with zero attached hydrogens (tertiary/aromatic N) is 3. The zero-order valence-electron chi connectivity index (χ0n) is 17.3. The van der Waals surface area contributed by atoms with Crippen LogP contribution in [0.1, 0.15) is 37.0 Å². The largest absolute Gasteiger partial charge is 0.381 e. The van der Waals surface area contributed by atoms with Crippen molar-refractivity contribution in [2.45, 2.75) is 38.3 Å². The van der Waals surface area contributed by atoms with Gasteiger partial charge < -0.3 is 14.5 Å². The maximum atomic E-state index is 13.1. The van der Waals surface area contributed by atoms with E-state index in [4.69, 9.17) is 16.3 Å². The lowest BCUT2D eigenvalue weighted by Gasteiger charge is -2.55. The topological polar surface area (TPSA) is 53.1 Å². The number of hydrogen-bond donors (Lipinski definition) is 0. The van der Waals surface area contributed by atoms with Crippen LogP contribution in [0.15, 0.2) is 24.3 Å². The summed E-state index contributed by atoms with van der Waals surface area (Å²) in [6.45, 7) is 9.36. The molecule has 0 radical (unpaired) electrons. The highest BCUT2D eigenvalue weighted by Gasteiger charge is 2.45. The molecule has 6 nitrogen and oxygen atoms in total. The first-order valence-electron chi connectivity index (χ1n) is 10.5. The van der Waals surface area contributed by atoms with E-state index in [1.54, 1.807) is 24.3 Å². The number of hydrogen-bond acceptors (Lipinski definition) is 4. The predicted molar refractivity (Wildman–Crippen MR) is 112 cm³/mol. The predicted octanol–water partition coefficient (Wildman–Crippen LogP) is 2.51. The van der Waals surface area contributed by atoms with E-state index in [1.807, 2.05) is 9.80 Å². The van der Waals surface area contributed by atoms with Crippen molar-refractivity contribution in [3.8, 4) is 0 Å². The molecule has 3 fully saturated rings. The summed E-state index contributed by atoms with van der Waals surface area (Å²) in [5, 5.41) is 0.626. The average Bonchev–Trinajstić information content (AvgIpc) is 2.73. The number of carbonyl (C=O) groups is 2. The molecule has 0 unspecified atom stereocenters. The first-order valence-corrected chi connectivity index (χ1v) is 10.9. The van der Waals surface area contributed by atoms with Crippen LogP contribution in [0.2, 0.25) is 5.02 Å². The molecule has 1 aromatic carbocycles. The second-order valence-corrected chi connectivity index (χ2v) is 9.46. The molecule has 3 aliphatic rings. The first kappa shape index (κ1) is 20.6. The quantitative estimate of drug-likeness (QED) is 0.739. The van der Waals surface area contributed by atoms with Gasteiger partial charge in [0.2, 0.25) is 5.91 Å². The number of piperazine rings is 2. The summed E-state index contributed by atoms with van der Waals surface area (Å²) < 4.78 is 5.41. The van der Waals surface area contributed by atoms with E-state index in [-0.39, 0.29) is 29.3 Å². The fraction of sp³-hybridized carbons (Fsp3) is 0.636. The number of fused-ring (bicyclic) bond motifs is 1. The van der Waals surface area contributed by atoms with Crippen molar-refractivity contribution in [1.29, 1.82) is 0 Å². The molecule has 7 heteroatoms. The van der Waals surface area contributed by atoms with E-state index in [0.29, 0.717) is 43.4 Å². The van der Waals surface area contributed by atoms with Crippen molar-refractivity contribution in [3.05, 3.63) is 34.9 Å². The van der Waals surface area contributed by atoms with Gasteiger partial charge in [-0.25, -0.2) is 0 Å². The van der Waals surface area contributed by atoms with Crippen LogP contribution in [-0.2, 0) is 9.53 Å². The smallest absolute Gasteiger partial charge is 0.253 e. The second kappa shape index (κ2) is 8.25. The minimum atomic E-state index is -0.126. The van der Waals surface area contributed by atoms with Gasteiger partial charge in [-0.3, -0.25) is 14.5 Å². The highest BCUT2D eigenvalue weighted by atomic mass is 35.5. The van der Waals surface area contributed by atoms with Crippen LogP contribution in [0.4, 0.5) is 0 Å². The van der Waals surface area contributed by atoms with Crippen LogP contribution >= 0.6 is 11.6 Å². The van der Waals surface area contributed by atoms with E-state index >= 15 is 0 Å². The van der Waals surface area contributed by atoms with Gasteiger partial charge in [0, 0.05) is 74.0 Å². The van der Waals surface area contributed by atoms with Crippen molar-refractivity contribution in [1.82, 2.24) is 14.7 Å². The Morgan fingerprint density at radius 3 is 2.38 bits per heavy atom. The van der Waals surface area contributed by atoms with Crippen LogP contribution < -0.4 is 0 Å². The standard InChI is InChI=1S/C22H30ClN3O3/c1-22(2)15-25(21(28)16-3-5-18(23)6-4-16)14-19-13-24(9-10-26(19)22)20(27)17-7-11-29-12-8-17/h3-6,17,19H,7-15H2,1-2H3/t19-/m0/s1. The van der Waals surface area contributed by atoms with Crippen molar-refractivity contribution in [2.75, 3.05) is 45.9 Å².